The van der Waals surface area contributed by atoms with Crippen LogP contribution in [-0.2, 0) is 28.8 Å². The fraction of sp³-hybridized carbons (Fsp3) is 0.238. The Bertz CT molecular complexity index is 1790. The van der Waals surface area contributed by atoms with Crippen LogP contribution in [-0.4, -0.2) is 6.88 Å². The van der Waals surface area contributed by atoms with E-state index in [0.29, 0.717) is 5.92 Å². The summed E-state index contributed by atoms with van der Waals surface area (Å²) in [6, 6.07) is 37.8. The first kappa shape index (κ1) is 43.8. The molecule has 0 spiro atoms. The van der Waals surface area contributed by atoms with Crippen LogP contribution in [0.1, 0.15) is 68.4 Å². The van der Waals surface area contributed by atoms with Gasteiger partial charge in [-0.05, 0) is 41.9 Å². The second-order valence-corrected chi connectivity index (χ2v) is 12.7. The van der Waals surface area contributed by atoms with Gasteiger partial charge in [0, 0.05) is 0 Å². The predicted octanol–water partition coefficient (Wildman–Crippen LogP) is 13.2. The van der Waals surface area contributed by atoms with Crippen LogP contribution in [0.25, 0.3) is 43.8 Å². The summed E-state index contributed by atoms with van der Waals surface area (Å²) in [5.74, 6) is 0.584. The molecule has 244 valence electrons. The average molecular weight is 745 g/mol. The zero-order valence-electron chi connectivity index (χ0n) is 29.2. The second-order valence-electron chi connectivity index (χ2n) is 12.7. The molecule has 0 fully saturated rings. The monoisotopic (exact) mass is 742 g/mol. The van der Waals surface area contributed by atoms with Gasteiger partial charge in [-0.2, -0.15) is 12.1 Å². The molecule has 0 aliphatic rings. The summed E-state index contributed by atoms with van der Waals surface area (Å²) < 4.78 is 0. The molecule has 6 aromatic rings. The van der Waals surface area contributed by atoms with E-state index in [4.69, 9.17) is 0 Å². The third kappa shape index (κ3) is 9.90. The van der Waals surface area contributed by atoms with Gasteiger partial charge in [0.05, 0.1) is 0 Å². The summed E-state index contributed by atoms with van der Waals surface area (Å²) in [4.78, 5) is 0. The van der Waals surface area contributed by atoms with Crippen molar-refractivity contribution in [2.24, 2.45) is 0 Å². The van der Waals surface area contributed by atoms with Crippen molar-refractivity contribution in [1.29, 1.82) is 0 Å². The van der Waals surface area contributed by atoms with E-state index in [2.05, 4.69) is 165 Å². The van der Waals surface area contributed by atoms with Gasteiger partial charge in [0.15, 0.2) is 0 Å². The summed E-state index contributed by atoms with van der Waals surface area (Å²) in [5, 5.41) is 5.45. The van der Waals surface area contributed by atoms with E-state index < -0.39 is 0 Å². The predicted molar refractivity (Wildman–Crippen MR) is 210 cm³/mol. The number of rotatable bonds is 3. The van der Waals surface area contributed by atoms with Gasteiger partial charge in [0.25, 0.3) is 0 Å². The first-order chi connectivity index (χ1) is 20.0. The molecule has 0 nitrogen and oxygen atoms in total. The van der Waals surface area contributed by atoms with Crippen LogP contribution in [0.5, 0.6) is 0 Å². The molecule has 4 heteroatoms. The minimum atomic E-state index is 0. The summed E-state index contributed by atoms with van der Waals surface area (Å²) in [7, 11) is 0. The van der Waals surface area contributed by atoms with Crippen molar-refractivity contribution in [3.8, 4) is 22.3 Å². The molecule has 0 amide bonds. The van der Waals surface area contributed by atoms with Crippen LogP contribution in [0.4, 0.5) is 0 Å². The molecular weight excluding hydrogens is 695 g/mol. The molecule has 6 aromatic carbocycles. The van der Waals surface area contributed by atoms with Crippen molar-refractivity contribution < 1.29 is 23.3 Å². The van der Waals surface area contributed by atoms with E-state index in [1.807, 2.05) is 0 Å². The molecule has 0 unspecified atom stereocenters. The number of benzene rings is 4. The number of aryl methyl sites for hydroxylation is 2. The maximum absolute atomic E-state index is 3.06. The Morgan fingerprint density at radius 3 is 1.83 bits per heavy atom. The van der Waals surface area contributed by atoms with E-state index in [9.17, 15) is 0 Å². The summed E-state index contributed by atoms with van der Waals surface area (Å²) >= 11 is 1.36. The molecule has 0 bridgehead atoms. The van der Waals surface area contributed by atoms with Crippen molar-refractivity contribution in [2.45, 2.75) is 66.7 Å². The zero-order valence-corrected chi connectivity index (χ0v) is 34.3. The molecule has 0 saturated heterocycles. The van der Waals surface area contributed by atoms with Gasteiger partial charge in [0.1, 0.15) is 0 Å². The van der Waals surface area contributed by atoms with Crippen LogP contribution in [0.2, 0.25) is 0 Å². The maximum atomic E-state index is 3.06. The van der Waals surface area contributed by atoms with Gasteiger partial charge in [-0.3, -0.25) is 0 Å². The van der Waals surface area contributed by atoms with Gasteiger partial charge >= 0.3 is 30.2 Å². The van der Waals surface area contributed by atoms with Crippen molar-refractivity contribution in [3.05, 3.63) is 146 Å². The van der Waals surface area contributed by atoms with E-state index in [1.165, 1.54) is 95.0 Å². The van der Waals surface area contributed by atoms with Crippen LogP contribution in [0, 0.1) is 35.6 Å². The molecule has 0 aliphatic heterocycles. The zero-order chi connectivity index (χ0) is 30.6. The first-order valence-electron chi connectivity index (χ1n) is 14.8. The second kappa shape index (κ2) is 18.9. The van der Waals surface area contributed by atoms with Crippen LogP contribution >= 0.6 is 24.8 Å². The Hall–Kier alpha value is -2.22. The standard InChI is InChI=1S/C22H25.C18H17.2CH3.2ClH.Si.Zr/c1-14-11-18-13-15(2)16(3)21(20(18)12-14)17-7-9-19(10-8-17)22(4,5)6;1-13(2)16-11-15-9-6-10-17(18(15)12-16)14-7-4-3-5-8-14;;;;;;/h7-13H,1-6H3;3-13H,1-2H3;2*1H3;2*1H;;/q4*-1;;;;. The quantitative estimate of drug-likeness (QED) is 0.125. The third-order valence-corrected chi connectivity index (χ3v) is 8.24. The topological polar surface area (TPSA) is 0 Å². The molecule has 2 radical (unpaired) electrons. The molecule has 0 heterocycles. The van der Waals surface area contributed by atoms with Gasteiger partial charge in [-0.1, -0.05) is 124 Å². The van der Waals surface area contributed by atoms with Gasteiger partial charge in [-0.25, -0.2) is 0 Å². The molecule has 46 heavy (non-hydrogen) atoms. The molecule has 0 aliphatic carbocycles. The van der Waals surface area contributed by atoms with Crippen molar-refractivity contribution in [1.82, 2.24) is 0 Å². The van der Waals surface area contributed by atoms with E-state index in [0.717, 1.165) is 0 Å². The molecule has 0 aromatic heterocycles. The SMILES string of the molecule is CC(C)c1cc2c(-c3ccccc3)cccc2[cH-]1.Cc1cc2c(-c3ccc(C(C)(C)C)cc3)c(C)c(C)cc2[cH-]1.Cl.Cl.[CH3-].[CH3-].[Si]=[Zr]. The molecule has 0 atom stereocenters. The number of halogens is 2. The Morgan fingerprint density at radius 2 is 1.26 bits per heavy atom. The Labute approximate surface area is 309 Å². The Kier molecular flexibility index (Phi) is 18.0. The van der Waals surface area contributed by atoms with Crippen molar-refractivity contribution in [2.75, 3.05) is 0 Å². The summed E-state index contributed by atoms with van der Waals surface area (Å²) in [5.41, 5.74) is 12.5. The van der Waals surface area contributed by atoms with Gasteiger partial charge < -0.3 is 14.9 Å². The van der Waals surface area contributed by atoms with E-state index >= 15 is 0 Å². The van der Waals surface area contributed by atoms with Crippen LogP contribution in [0.3, 0.4) is 0 Å². The van der Waals surface area contributed by atoms with Gasteiger partial charge in [0.2, 0.25) is 0 Å². The van der Waals surface area contributed by atoms with E-state index in [1.54, 1.807) is 0 Å². The Morgan fingerprint density at radius 1 is 0.652 bits per heavy atom. The number of hydrogen-bond acceptors (Lipinski definition) is 0. The summed E-state index contributed by atoms with van der Waals surface area (Å²) in [6.45, 7) is 21.0. The van der Waals surface area contributed by atoms with Crippen molar-refractivity contribution in [3.63, 3.8) is 0 Å². The minimum absolute atomic E-state index is 0. The average Bonchev–Trinajstić information content (AvgIpc) is 3.58. The fourth-order valence-electron chi connectivity index (χ4n) is 5.72. The number of hydrogen-bond donors (Lipinski definition) is 0. The number of fused-ring (bicyclic) bond motifs is 2. The van der Waals surface area contributed by atoms with Crippen LogP contribution in [0.15, 0.2) is 103 Å². The molecular formula is C42H50Cl2SiZr-4. The summed E-state index contributed by atoms with van der Waals surface area (Å²) in [6.07, 6.45) is 0. The normalized spacial score (nSPS) is 10.3. The first-order valence-corrected chi connectivity index (χ1v) is 19.0. The van der Waals surface area contributed by atoms with E-state index in [-0.39, 0.29) is 45.1 Å². The molecule has 0 saturated carbocycles. The fourth-order valence-corrected chi connectivity index (χ4v) is 5.72. The van der Waals surface area contributed by atoms with Crippen LogP contribution < -0.4 is 0 Å². The molecule has 6 rings (SSSR count). The molecule has 0 N–H and O–H groups in total. The Balaban J connectivity index is 0.000000782. The van der Waals surface area contributed by atoms with Crippen molar-refractivity contribution >= 4 is 53.2 Å². The third-order valence-electron chi connectivity index (χ3n) is 8.24. The van der Waals surface area contributed by atoms with Gasteiger partial charge in [-0.15, -0.1) is 87.8 Å².